The maximum atomic E-state index is 13.7. The molecular formula is C26H25N3O9S4. The molecule has 3 N–H and O–H groups in total. The molecule has 12 nitrogen and oxygen atoms in total. The van der Waals surface area contributed by atoms with Gasteiger partial charge in [0, 0.05) is 4.90 Å². The molecule has 2 aliphatic heterocycles. The van der Waals surface area contributed by atoms with Crippen LogP contribution in [0.15, 0.2) is 39.0 Å². The van der Waals surface area contributed by atoms with Crippen LogP contribution in [0.5, 0.6) is 0 Å². The molecule has 4 rings (SSSR count). The molecular weight excluding hydrogens is 627 g/mol. The second kappa shape index (κ2) is 12.8. The number of carboxylic acids is 2. The molecule has 0 atom stereocenters. The Hall–Kier alpha value is -3.44. The Labute approximate surface area is 256 Å². The molecule has 16 heteroatoms. The van der Waals surface area contributed by atoms with E-state index >= 15 is 0 Å². The largest absolute Gasteiger partial charge is 0.480 e. The van der Waals surface area contributed by atoms with Crippen LogP contribution in [-0.2, 0) is 37.1 Å². The van der Waals surface area contributed by atoms with Gasteiger partial charge in [-0.15, -0.1) is 11.3 Å². The number of aliphatic hydroxyl groups is 1. The minimum absolute atomic E-state index is 0.0160. The fraction of sp³-hybridized carbons (Fsp3) is 0.308. The Morgan fingerprint density at radius 2 is 1.74 bits per heavy atom. The van der Waals surface area contributed by atoms with Gasteiger partial charge in [-0.1, -0.05) is 55.7 Å². The highest BCUT2D eigenvalue weighted by Crippen LogP contribution is 2.47. The Balaban J connectivity index is 1.97. The van der Waals surface area contributed by atoms with Crippen molar-refractivity contribution in [1.82, 2.24) is 9.47 Å². The van der Waals surface area contributed by atoms with Crippen molar-refractivity contribution < 1.29 is 39.2 Å². The number of nitrogens with zero attached hydrogens (tertiary/aromatic N) is 3. The third-order valence-electron chi connectivity index (χ3n) is 6.17. The Morgan fingerprint density at radius 1 is 1.05 bits per heavy atom. The summed E-state index contributed by atoms with van der Waals surface area (Å²) in [5.41, 5.74) is 1.22. The van der Waals surface area contributed by atoms with Crippen molar-refractivity contribution in [3.8, 4) is 0 Å². The number of esters is 1. The Morgan fingerprint density at radius 3 is 2.33 bits per heavy atom. The molecule has 42 heavy (non-hydrogen) atoms. The number of amides is 1. The lowest BCUT2D eigenvalue weighted by Crippen LogP contribution is -2.37. The predicted molar refractivity (Wildman–Crippen MR) is 162 cm³/mol. The lowest BCUT2D eigenvalue weighted by atomic mass is 10.0. The summed E-state index contributed by atoms with van der Waals surface area (Å²) in [6, 6.07) is 5.34. The fourth-order valence-electron chi connectivity index (χ4n) is 4.18. The number of thioether (sulfide) groups is 2. The van der Waals surface area contributed by atoms with Gasteiger partial charge in [-0.3, -0.25) is 33.4 Å². The highest BCUT2D eigenvalue weighted by molar-refractivity contribution is 8.30. The number of aliphatic hydroxyl groups excluding tert-OH is 1. The van der Waals surface area contributed by atoms with Gasteiger partial charge in [0.1, 0.15) is 33.5 Å². The first kappa shape index (κ1) is 31.5. The summed E-state index contributed by atoms with van der Waals surface area (Å²) in [4.78, 5) is 65.5. The molecule has 222 valence electrons. The van der Waals surface area contributed by atoms with Gasteiger partial charge in [0.15, 0.2) is 0 Å². The smallest absolute Gasteiger partial charge is 0.325 e. The van der Waals surface area contributed by atoms with E-state index in [0.717, 1.165) is 37.5 Å². The van der Waals surface area contributed by atoms with Crippen LogP contribution in [0.4, 0.5) is 5.69 Å². The second-order valence-corrected chi connectivity index (χ2v) is 13.0. The van der Waals surface area contributed by atoms with Gasteiger partial charge in [0.25, 0.3) is 11.5 Å². The van der Waals surface area contributed by atoms with Crippen LogP contribution in [0.3, 0.4) is 0 Å². The molecule has 0 aliphatic carbocycles. The van der Waals surface area contributed by atoms with E-state index < -0.39 is 42.5 Å². The number of carbonyl (C=O) groups excluding carboxylic acids is 2. The number of thiazole rings is 1. The number of anilines is 1. The number of benzene rings is 1. The normalized spacial score (nSPS) is 17.8. The lowest BCUT2D eigenvalue weighted by Gasteiger charge is -2.20. The van der Waals surface area contributed by atoms with Crippen LogP contribution in [0.2, 0.25) is 0 Å². The average molecular weight is 652 g/mol. The molecule has 1 aromatic carbocycles. The first-order chi connectivity index (χ1) is 19.9. The van der Waals surface area contributed by atoms with Gasteiger partial charge < -0.3 is 25.0 Å². The number of aliphatic carboxylic acids is 2. The Kier molecular flexibility index (Phi) is 9.62. The standard InChI is InChI=1S/C26H25N3O9S4/c1-12(2)14(7-17-27(10-20(35)38-3)15-6-13(11-30)4-5-16(15)40-17)21-23(36)28(8-18(31)32)25(41-21)22-24(37)29(9-19(33)34)26(39)42-22/h4-7,12,30H,8-11H2,1-3H3,(H,31,32)(H,33,34). The zero-order chi connectivity index (χ0) is 30.9. The number of ether oxygens (including phenoxy) is 1. The lowest BCUT2D eigenvalue weighted by molar-refractivity contribution is -0.140. The number of carboxylic acid groups (broad SMARTS) is 2. The monoisotopic (exact) mass is 651 g/mol. The molecule has 1 fully saturated rings. The van der Waals surface area contributed by atoms with Gasteiger partial charge in [0.2, 0.25) is 0 Å². The maximum absolute atomic E-state index is 13.7. The van der Waals surface area contributed by atoms with Crippen molar-refractivity contribution in [3.05, 3.63) is 54.4 Å². The predicted octanol–water partition coefficient (Wildman–Crippen LogP) is 0.973. The summed E-state index contributed by atoms with van der Waals surface area (Å²) < 4.78 is 6.09. The van der Waals surface area contributed by atoms with E-state index in [4.69, 9.17) is 17.0 Å². The summed E-state index contributed by atoms with van der Waals surface area (Å²) in [7, 11) is 1.27. The molecule has 2 aromatic rings. The van der Waals surface area contributed by atoms with Crippen molar-refractivity contribution in [2.24, 2.45) is 5.92 Å². The van der Waals surface area contributed by atoms with E-state index in [1.807, 2.05) is 19.9 Å². The second-order valence-electron chi connectivity index (χ2n) is 9.32. The van der Waals surface area contributed by atoms with Crippen LogP contribution in [-0.4, -0.2) is 73.1 Å². The number of rotatable bonds is 9. The van der Waals surface area contributed by atoms with E-state index in [0.29, 0.717) is 21.9 Å². The number of hydrogen-bond acceptors (Lipinski definition) is 12. The number of allylic oxidation sites excluding steroid dienone is 1. The van der Waals surface area contributed by atoms with Crippen molar-refractivity contribution in [1.29, 1.82) is 0 Å². The summed E-state index contributed by atoms with van der Waals surface area (Å²) in [5, 5.41) is 29.0. The molecule has 0 bridgehead atoms. The zero-order valence-corrected chi connectivity index (χ0v) is 25.7. The molecule has 1 saturated heterocycles. The molecule has 0 spiro atoms. The average Bonchev–Trinajstić information content (AvgIpc) is 3.53. The van der Waals surface area contributed by atoms with Crippen LogP contribution in [0, 0.1) is 5.92 Å². The van der Waals surface area contributed by atoms with Crippen molar-refractivity contribution >= 4 is 91.4 Å². The molecule has 0 unspecified atom stereocenters. The summed E-state index contributed by atoms with van der Waals surface area (Å²) in [6.07, 6.45) is 1.74. The molecule has 1 aromatic heterocycles. The molecule has 0 saturated carbocycles. The number of carbonyl (C=O) groups is 4. The number of thiocarbonyl (C=S) groups is 1. The first-order valence-electron chi connectivity index (χ1n) is 12.3. The van der Waals surface area contributed by atoms with Crippen molar-refractivity contribution in [2.75, 3.05) is 25.1 Å². The van der Waals surface area contributed by atoms with E-state index in [1.54, 1.807) is 23.1 Å². The van der Waals surface area contributed by atoms with Gasteiger partial charge in [0.05, 0.1) is 29.0 Å². The Bertz CT molecular complexity index is 1720. The molecule has 0 radical (unpaired) electrons. The summed E-state index contributed by atoms with van der Waals surface area (Å²) >= 11 is 8.27. The van der Waals surface area contributed by atoms with E-state index in [2.05, 4.69) is 0 Å². The van der Waals surface area contributed by atoms with Gasteiger partial charge in [-0.2, -0.15) is 0 Å². The van der Waals surface area contributed by atoms with Gasteiger partial charge in [-0.05, 0) is 35.3 Å². The highest BCUT2D eigenvalue weighted by Gasteiger charge is 2.36. The topological polar surface area (TPSA) is 167 Å². The van der Waals surface area contributed by atoms with Crippen LogP contribution in [0.25, 0.3) is 10.5 Å². The molecule has 3 heterocycles. The van der Waals surface area contributed by atoms with Gasteiger partial charge >= 0.3 is 17.9 Å². The molecule has 1 amide bonds. The van der Waals surface area contributed by atoms with E-state index in [1.165, 1.54) is 18.9 Å². The fourth-order valence-corrected chi connectivity index (χ4v) is 7.99. The third-order valence-corrected chi connectivity index (χ3v) is 10.1. The van der Waals surface area contributed by atoms with Crippen molar-refractivity contribution in [3.63, 3.8) is 0 Å². The maximum Gasteiger partial charge on any atom is 0.325 e. The minimum Gasteiger partial charge on any atom is -0.480 e. The SMILES string of the molecule is COC(=O)CN1C(=CC(=c2sc(=C3SC(=S)N(CC(=O)O)C3=O)n(CC(=O)O)c2=O)C(C)C)Sc2ccc(CO)cc21. The minimum atomic E-state index is -1.31. The van der Waals surface area contributed by atoms with Crippen molar-refractivity contribution in [2.45, 2.75) is 31.9 Å². The number of aromatic nitrogens is 1. The zero-order valence-electron chi connectivity index (χ0n) is 22.5. The van der Waals surface area contributed by atoms with E-state index in [-0.39, 0.29) is 37.5 Å². The summed E-state index contributed by atoms with van der Waals surface area (Å²) in [5.74, 6) is -4.07. The van der Waals surface area contributed by atoms with Crippen LogP contribution in [0.1, 0.15) is 19.4 Å². The number of methoxy groups -OCH3 is 1. The molecule has 2 aliphatic rings. The summed E-state index contributed by atoms with van der Waals surface area (Å²) in [6.45, 7) is 1.96. The van der Waals surface area contributed by atoms with Crippen LogP contribution < -0.4 is 19.7 Å². The van der Waals surface area contributed by atoms with E-state index in [9.17, 15) is 39.3 Å². The third kappa shape index (κ3) is 6.32. The highest BCUT2D eigenvalue weighted by atomic mass is 32.2. The number of hydrogen-bond donors (Lipinski definition) is 3. The quantitative estimate of drug-likeness (QED) is 0.260. The number of fused-ring (bicyclic) bond motifs is 1. The van der Waals surface area contributed by atoms with Crippen LogP contribution >= 0.6 is 47.1 Å². The van der Waals surface area contributed by atoms with Gasteiger partial charge in [-0.25, -0.2) is 0 Å². The first-order valence-corrected chi connectivity index (χ1v) is 15.1.